The number of carbonyl (C=O) groups is 1. The van der Waals surface area contributed by atoms with E-state index in [1.165, 1.54) is 0 Å². The van der Waals surface area contributed by atoms with Crippen LogP contribution in [0.15, 0.2) is 46.9 Å². The van der Waals surface area contributed by atoms with Gasteiger partial charge in [-0.05, 0) is 36.2 Å². The van der Waals surface area contributed by atoms with Crippen LogP contribution in [0.5, 0.6) is 17.2 Å². The van der Waals surface area contributed by atoms with Crippen LogP contribution >= 0.6 is 0 Å². The highest BCUT2D eigenvalue weighted by Gasteiger charge is 2.18. The lowest BCUT2D eigenvalue weighted by Gasteiger charge is -2.14. The molecule has 1 amide bonds. The first kappa shape index (κ1) is 21.3. The predicted molar refractivity (Wildman–Crippen MR) is 113 cm³/mol. The molecule has 0 unspecified atom stereocenters. The van der Waals surface area contributed by atoms with Crippen molar-refractivity contribution in [1.29, 1.82) is 0 Å². The number of ether oxygens (including phenoxy) is 3. The van der Waals surface area contributed by atoms with Gasteiger partial charge in [0.1, 0.15) is 23.0 Å². The van der Waals surface area contributed by atoms with Gasteiger partial charge in [0.2, 0.25) is 0 Å². The molecule has 30 heavy (non-hydrogen) atoms. The summed E-state index contributed by atoms with van der Waals surface area (Å²) in [7, 11) is 4.71. The number of methoxy groups -OCH3 is 3. The van der Waals surface area contributed by atoms with E-state index in [-0.39, 0.29) is 18.3 Å². The van der Waals surface area contributed by atoms with Crippen molar-refractivity contribution in [2.75, 3.05) is 26.6 Å². The number of carbonyl (C=O) groups excluding carboxylic acids is 1. The van der Waals surface area contributed by atoms with E-state index in [1.807, 2.05) is 19.1 Å². The fourth-order valence-corrected chi connectivity index (χ4v) is 3.11. The molecule has 3 aromatic rings. The first-order chi connectivity index (χ1) is 14.5. The van der Waals surface area contributed by atoms with E-state index in [9.17, 15) is 9.90 Å². The molecule has 7 heteroatoms. The number of hydrogen-bond donors (Lipinski definition) is 2. The minimum Gasteiger partial charge on any atom is -0.496 e. The van der Waals surface area contributed by atoms with Crippen LogP contribution in [-0.2, 0) is 13.0 Å². The molecule has 3 rings (SSSR count). The average Bonchev–Trinajstić information content (AvgIpc) is 3.24. The lowest BCUT2D eigenvalue weighted by Crippen LogP contribution is -2.12. The van der Waals surface area contributed by atoms with Gasteiger partial charge >= 0.3 is 0 Å². The summed E-state index contributed by atoms with van der Waals surface area (Å²) in [6.45, 7) is 1.78. The van der Waals surface area contributed by atoms with Crippen LogP contribution in [0, 0.1) is 6.92 Å². The van der Waals surface area contributed by atoms with Gasteiger partial charge in [0.15, 0.2) is 5.76 Å². The first-order valence-electron chi connectivity index (χ1n) is 9.38. The Labute approximate surface area is 175 Å². The molecule has 2 aromatic carbocycles. The standard InChI is InChI=1S/C23H25NO6/c1-14-5-6-15(13-25)9-19(14)24-23(26)20-8-7-16(30-20)10-18-21(28-3)11-17(27-2)12-22(18)29-4/h5-9,11-12,25H,10,13H2,1-4H3,(H,24,26). The lowest BCUT2D eigenvalue weighted by molar-refractivity contribution is 0.0995. The third kappa shape index (κ3) is 4.58. The van der Waals surface area contributed by atoms with Crippen LogP contribution in [-0.4, -0.2) is 32.3 Å². The van der Waals surface area contributed by atoms with Gasteiger partial charge in [-0.3, -0.25) is 4.79 Å². The maximum atomic E-state index is 12.6. The Hall–Kier alpha value is -3.45. The summed E-state index contributed by atoms with van der Waals surface area (Å²) in [4.78, 5) is 12.6. The van der Waals surface area contributed by atoms with E-state index < -0.39 is 0 Å². The van der Waals surface area contributed by atoms with Crippen LogP contribution in [0.2, 0.25) is 0 Å². The smallest absolute Gasteiger partial charge is 0.291 e. The number of amides is 1. The monoisotopic (exact) mass is 411 g/mol. The van der Waals surface area contributed by atoms with E-state index in [0.29, 0.717) is 35.1 Å². The van der Waals surface area contributed by atoms with Gasteiger partial charge in [0, 0.05) is 29.8 Å². The largest absolute Gasteiger partial charge is 0.496 e. The van der Waals surface area contributed by atoms with E-state index in [4.69, 9.17) is 18.6 Å². The van der Waals surface area contributed by atoms with Crippen molar-refractivity contribution >= 4 is 11.6 Å². The Bertz CT molecular complexity index is 1010. The van der Waals surface area contributed by atoms with Crippen molar-refractivity contribution in [3.8, 4) is 17.2 Å². The van der Waals surface area contributed by atoms with Crippen molar-refractivity contribution < 1.29 is 28.5 Å². The molecule has 0 saturated carbocycles. The summed E-state index contributed by atoms with van der Waals surface area (Å²) < 4.78 is 22.0. The van der Waals surface area contributed by atoms with Crippen molar-refractivity contribution in [3.63, 3.8) is 0 Å². The molecule has 7 nitrogen and oxygen atoms in total. The van der Waals surface area contributed by atoms with Gasteiger partial charge in [-0.15, -0.1) is 0 Å². The van der Waals surface area contributed by atoms with Crippen molar-refractivity contribution in [3.05, 3.63) is 70.7 Å². The first-order valence-corrected chi connectivity index (χ1v) is 9.38. The summed E-state index contributed by atoms with van der Waals surface area (Å²) in [6, 6.07) is 12.3. The summed E-state index contributed by atoms with van der Waals surface area (Å²) >= 11 is 0. The number of aryl methyl sites for hydroxylation is 1. The Balaban J connectivity index is 1.81. The second-order valence-electron chi connectivity index (χ2n) is 6.71. The molecule has 1 heterocycles. The average molecular weight is 411 g/mol. The molecule has 0 aliphatic rings. The van der Waals surface area contributed by atoms with Crippen LogP contribution in [0.1, 0.15) is 33.0 Å². The number of nitrogens with one attached hydrogen (secondary N) is 1. The molecule has 158 valence electrons. The van der Waals surface area contributed by atoms with E-state index in [1.54, 1.807) is 51.7 Å². The SMILES string of the molecule is COc1cc(OC)c(Cc2ccc(C(=O)Nc3cc(CO)ccc3C)o2)c(OC)c1. The summed E-state index contributed by atoms with van der Waals surface area (Å²) in [5.74, 6) is 2.23. The zero-order chi connectivity index (χ0) is 21.7. The molecule has 0 saturated heterocycles. The highest BCUT2D eigenvalue weighted by atomic mass is 16.5. The second kappa shape index (κ2) is 9.37. The van der Waals surface area contributed by atoms with Crippen LogP contribution < -0.4 is 19.5 Å². The third-order valence-electron chi connectivity index (χ3n) is 4.79. The van der Waals surface area contributed by atoms with Crippen molar-refractivity contribution in [2.24, 2.45) is 0 Å². The molecular weight excluding hydrogens is 386 g/mol. The van der Waals surface area contributed by atoms with Crippen molar-refractivity contribution in [2.45, 2.75) is 20.0 Å². The highest BCUT2D eigenvalue weighted by molar-refractivity contribution is 6.02. The summed E-state index contributed by atoms with van der Waals surface area (Å²) in [5.41, 5.74) is 3.02. The molecular formula is C23H25NO6. The van der Waals surface area contributed by atoms with Gasteiger partial charge in [-0.2, -0.15) is 0 Å². The van der Waals surface area contributed by atoms with E-state index in [0.717, 1.165) is 16.7 Å². The van der Waals surface area contributed by atoms with Crippen LogP contribution in [0.3, 0.4) is 0 Å². The van der Waals surface area contributed by atoms with Crippen molar-refractivity contribution in [1.82, 2.24) is 0 Å². The third-order valence-corrected chi connectivity index (χ3v) is 4.79. The number of benzene rings is 2. The molecule has 1 aromatic heterocycles. The van der Waals surface area contributed by atoms with Crippen LogP contribution in [0.4, 0.5) is 5.69 Å². The minimum atomic E-state index is -0.367. The molecule has 0 atom stereocenters. The number of aliphatic hydroxyl groups is 1. The topological polar surface area (TPSA) is 90.2 Å². The Morgan fingerprint density at radius 3 is 2.30 bits per heavy atom. The quantitative estimate of drug-likeness (QED) is 0.583. The maximum absolute atomic E-state index is 12.6. The molecule has 0 aliphatic carbocycles. The molecule has 0 aliphatic heterocycles. The van der Waals surface area contributed by atoms with E-state index >= 15 is 0 Å². The lowest BCUT2D eigenvalue weighted by atomic mass is 10.1. The molecule has 2 N–H and O–H groups in total. The fraction of sp³-hybridized carbons (Fsp3) is 0.261. The molecule has 0 radical (unpaired) electrons. The number of furan rings is 1. The summed E-state index contributed by atoms with van der Waals surface area (Å²) in [6.07, 6.45) is 0.378. The van der Waals surface area contributed by atoms with Gasteiger partial charge in [0.05, 0.1) is 27.9 Å². The predicted octanol–water partition coefficient (Wildman–Crippen LogP) is 3.95. The minimum absolute atomic E-state index is 0.0976. The Morgan fingerprint density at radius 2 is 1.70 bits per heavy atom. The van der Waals surface area contributed by atoms with Gasteiger partial charge in [-0.1, -0.05) is 12.1 Å². The van der Waals surface area contributed by atoms with Gasteiger partial charge in [-0.25, -0.2) is 0 Å². The Kier molecular flexibility index (Phi) is 6.64. The number of rotatable bonds is 8. The zero-order valence-corrected chi connectivity index (χ0v) is 17.4. The number of anilines is 1. The Morgan fingerprint density at radius 1 is 1.00 bits per heavy atom. The second-order valence-corrected chi connectivity index (χ2v) is 6.71. The zero-order valence-electron chi connectivity index (χ0n) is 17.4. The molecule has 0 bridgehead atoms. The number of aliphatic hydroxyl groups excluding tert-OH is 1. The maximum Gasteiger partial charge on any atom is 0.291 e. The highest BCUT2D eigenvalue weighted by Crippen LogP contribution is 2.36. The molecule has 0 fully saturated rings. The van der Waals surface area contributed by atoms with Gasteiger partial charge in [0.25, 0.3) is 5.91 Å². The number of hydrogen-bond acceptors (Lipinski definition) is 6. The van der Waals surface area contributed by atoms with Crippen LogP contribution in [0.25, 0.3) is 0 Å². The summed E-state index contributed by atoms with van der Waals surface area (Å²) in [5, 5.41) is 12.1. The van der Waals surface area contributed by atoms with Gasteiger partial charge < -0.3 is 29.1 Å². The molecule has 0 spiro atoms. The van der Waals surface area contributed by atoms with E-state index in [2.05, 4.69) is 5.32 Å². The fourth-order valence-electron chi connectivity index (χ4n) is 3.11. The normalized spacial score (nSPS) is 10.6.